The van der Waals surface area contributed by atoms with Crippen LogP contribution >= 0.6 is 0 Å². The van der Waals surface area contributed by atoms with Crippen molar-refractivity contribution < 1.29 is 9.47 Å². The van der Waals surface area contributed by atoms with Gasteiger partial charge in [0, 0.05) is 18.2 Å². The van der Waals surface area contributed by atoms with Crippen molar-refractivity contribution in [1.82, 2.24) is 5.32 Å². The minimum Gasteiger partial charge on any atom is -0.494 e. The quantitative estimate of drug-likeness (QED) is 0.693. The lowest BCUT2D eigenvalue weighted by atomic mass is 10.1. The van der Waals surface area contributed by atoms with Crippen LogP contribution < -0.4 is 10.1 Å². The van der Waals surface area contributed by atoms with Gasteiger partial charge in [-0.15, -0.1) is 0 Å². The van der Waals surface area contributed by atoms with Crippen molar-refractivity contribution in [2.24, 2.45) is 0 Å². The summed E-state index contributed by atoms with van der Waals surface area (Å²) in [6.07, 6.45) is 1.34. The molecule has 0 bridgehead atoms. The van der Waals surface area contributed by atoms with Gasteiger partial charge in [-0.3, -0.25) is 0 Å². The molecule has 1 rings (SSSR count). The molecule has 3 heteroatoms. The zero-order valence-electron chi connectivity index (χ0n) is 12.6. The molecule has 108 valence electrons. The largest absolute Gasteiger partial charge is 0.494 e. The Hall–Kier alpha value is -1.06. The first-order valence-corrected chi connectivity index (χ1v) is 7.21. The molecule has 0 fully saturated rings. The summed E-state index contributed by atoms with van der Waals surface area (Å²) in [7, 11) is 0. The highest BCUT2D eigenvalue weighted by molar-refractivity contribution is 5.35. The van der Waals surface area contributed by atoms with Gasteiger partial charge in [0.05, 0.1) is 12.7 Å². The van der Waals surface area contributed by atoms with E-state index in [1.54, 1.807) is 0 Å². The lowest BCUT2D eigenvalue weighted by Crippen LogP contribution is -2.22. The Kier molecular flexibility index (Phi) is 7.53. The number of benzene rings is 1. The summed E-state index contributed by atoms with van der Waals surface area (Å²) in [4.78, 5) is 0. The van der Waals surface area contributed by atoms with Crippen molar-refractivity contribution in [2.75, 3.05) is 19.8 Å². The van der Waals surface area contributed by atoms with Crippen molar-refractivity contribution in [3.63, 3.8) is 0 Å². The summed E-state index contributed by atoms with van der Waals surface area (Å²) >= 11 is 0. The van der Waals surface area contributed by atoms with Crippen LogP contribution in [0.15, 0.2) is 24.3 Å². The molecule has 0 aliphatic carbocycles. The molecule has 0 aromatic heterocycles. The maximum Gasteiger partial charge on any atom is 0.124 e. The van der Waals surface area contributed by atoms with Gasteiger partial charge in [0.15, 0.2) is 0 Å². The maximum absolute atomic E-state index is 5.65. The van der Waals surface area contributed by atoms with E-state index in [9.17, 15) is 0 Å². The fraction of sp³-hybridized carbons (Fsp3) is 0.625. The highest BCUT2D eigenvalue weighted by atomic mass is 16.5. The highest BCUT2D eigenvalue weighted by Gasteiger charge is 2.10. The fourth-order valence-electron chi connectivity index (χ4n) is 1.94. The Labute approximate surface area is 117 Å². The van der Waals surface area contributed by atoms with Crippen LogP contribution in [-0.4, -0.2) is 25.9 Å². The molecule has 1 atom stereocenters. The molecule has 19 heavy (non-hydrogen) atoms. The average molecular weight is 265 g/mol. The van der Waals surface area contributed by atoms with E-state index in [0.29, 0.717) is 18.8 Å². The fourth-order valence-corrected chi connectivity index (χ4v) is 1.94. The van der Waals surface area contributed by atoms with Crippen molar-refractivity contribution in [3.8, 4) is 5.75 Å². The van der Waals surface area contributed by atoms with E-state index >= 15 is 0 Å². The number of rotatable bonds is 9. The summed E-state index contributed by atoms with van der Waals surface area (Å²) < 4.78 is 11.2. The zero-order chi connectivity index (χ0) is 14.1. The SMILES string of the molecule is CCOc1ccccc1C(C)NCCCOC(C)C. The first kappa shape index (κ1) is 16.0. The van der Waals surface area contributed by atoms with E-state index in [2.05, 4.69) is 38.2 Å². The van der Waals surface area contributed by atoms with Gasteiger partial charge in [0.1, 0.15) is 5.75 Å². The van der Waals surface area contributed by atoms with Gasteiger partial charge < -0.3 is 14.8 Å². The molecule has 1 unspecified atom stereocenters. The van der Waals surface area contributed by atoms with Crippen molar-refractivity contribution in [1.29, 1.82) is 0 Å². The van der Waals surface area contributed by atoms with Crippen LogP contribution in [0.2, 0.25) is 0 Å². The summed E-state index contributed by atoms with van der Waals surface area (Å²) in [5.41, 5.74) is 1.22. The van der Waals surface area contributed by atoms with Gasteiger partial charge >= 0.3 is 0 Å². The predicted octanol–water partition coefficient (Wildman–Crippen LogP) is 3.55. The van der Waals surface area contributed by atoms with Gasteiger partial charge in [-0.1, -0.05) is 18.2 Å². The van der Waals surface area contributed by atoms with Crippen LogP contribution in [0.4, 0.5) is 0 Å². The lowest BCUT2D eigenvalue weighted by Gasteiger charge is -2.18. The second-order valence-electron chi connectivity index (χ2n) is 4.92. The summed E-state index contributed by atoms with van der Waals surface area (Å²) in [6, 6.07) is 8.50. The molecule has 0 spiro atoms. The molecule has 1 N–H and O–H groups in total. The third-order valence-electron chi connectivity index (χ3n) is 2.91. The Morgan fingerprint density at radius 3 is 2.58 bits per heavy atom. The Morgan fingerprint density at radius 2 is 1.89 bits per heavy atom. The van der Waals surface area contributed by atoms with Gasteiger partial charge in [0.2, 0.25) is 0 Å². The zero-order valence-corrected chi connectivity index (χ0v) is 12.6. The Balaban J connectivity index is 2.38. The number of ether oxygens (including phenoxy) is 2. The molecule has 1 aromatic rings. The minimum absolute atomic E-state index is 0.293. The van der Waals surface area contributed by atoms with E-state index in [-0.39, 0.29) is 0 Å². The third-order valence-corrected chi connectivity index (χ3v) is 2.91. The average Bonchev–Trinajstić information content (AvgIpc) is 2.39. The number of hydrogen-bond donors (Lipinski definition) is 1. The van der Waals surface area contributed by atoms with Crippen LogP contribution in [0.3, 0.4) is 0 Å². The molecule has 0 radical (unpaired) electrons. The van der Waals surface area contributed by atoms with Crippen LogP contribution in [-0.2, 0) is 4.74 Å². The normalized spacial score (nSPS) is 12.7. The maximum atomic E-state index is 5.65. The van der Waals surface area contributed by atoms with E-state index in [1.807, 2.05) is 19.1 Å². The standard InChI is InChI=1S/C16H27NO2/c1-5-18-16-10-7-6-9-15(16)14(4)17-11-8-12-19-13(2)3/h6-7,9-10,13-14,17H,5,8,11-12H2,1-4H3. The number of hydrogen-bond acceptors (Lipinski definition) is 3. The molecule has 0 heterocycles. The monoisotopic (exact) mass is 265 g/mol. The molecule has 0 amide bonds. The topological polar surface area (TPSA) is 30.5 Å². The Morgan fingerprint density at radius 1 is 1.16 bits per heavy atom. The van der Waals surface area contributed by atoms with E-state index < -0.39 is 0 Å². The van der Waals surface area contributed by atoms with Crippen molar-refractivity contribution in [3.05, 3.63) is 29.8 Å². The van der Waals surface area contributed by atoms with Gasteiger partial charge in [-0.25, -0.2) is 0 Å². The van der Waals surface area contributed by atoms with Crippen LogP contribution in [0, 0.1) is 0 Å². The van der Waals surface area contributed by atoms with Gasteiger partial charge in [-0.2, -0.15) is 0 Å². The first-order valence-electron chi connectivity index (χ1n) is 7.21. The van der Waals surface area contributed by atoms with Crippen LogP contribution in [0.5, 0.6) is 5.75 Å². The number of nitrogens with one attached hydrogen (secondary N) is 1. The van der Waals surface area contributed by atoms with E-state index in [1.165, 1.54) is 5.56 Å². The van der Waals surface area contributed by atoms with Crippen molar-refractivity contribution >= 4 is 0 Å². The minimum atomic E-state index is 0.293. The lowest BCUT2D eigenvalue weighted by molar-refractivity contribution is 0.0767. The molecule has 3 nitrogen and oxygen atoms in total. The van der Waals surface area contributed by atoms with E-state index in [4.69, 9.17) is 9.47 Å². The smallest absolute Gasteiger partial charge is 0.124 e. The second kappa shape index (κ2) is 8.94. The summed E-state index contributed by atoms with van der Waals surface area (Å²) in [5, 5.41) is 3.51. The first-order chi connectivity index (χ1) is 9.15. The van der Waals surface area contributed by atoms with Gasteiger partial charge in [0.25, 0.3) is 0 Å². The van der Waals surface area contributed by atoms with Crippen LogP contribution in [0.25, 0.3) is 0 Å². The summed E-state index contributed by atoms with van der Waals surface area (Å²) in [6.45, 7) is 10.8. The molecular formula is C16H27NO2. The number of para-hydroxylation sites is 1. The molecule has 0 saturated heterocycles. The van der Waals surface area contributed by atoms with Crippen LogP contribution in [0.1, 0.15) is 45.7 Å². The molecular weight excluding hydrogens is 238 g/mol. The molecule has 0 saturated carbocycles. The molecule has 1 aromatic carbocycles. The second-order valence-corrected chi connectivity index (χ2v) is 4.92. The summed E-state index contributed by atoms with van der Waals surface area (Å²) in [5.74, 6) is 0.975. The predicted molar refractivity (Wildman–Crippen MR) is 79.7 cm³/mol. The highest BCUT2D eigenvalue weighted by Crippen LogP contribution is 2.24. The molecule has 0 aliphatic rings. The van der Waals surface area contributed by atoms with Gasteiger partial charge in [-0.05, 0) is 46.7 Å². The Bertz CT molecular complexity index is 352. The molecule has 0 aliphatic heterocycles. The van der Waals surface area contributed by atoms with Crippen molar-refractivity contribution in [2.45, 2.75) is 46.3 Å². The third kappa shape index (κ3) is 6.08. The van der Waals surface area contributed by atoms with E-state index in [0.717, 1.165) is 25.3 Å².